The first-order chi connectivity index (χ1) is 7.18. The zero-order valence-electron chi connectivity index (χ0n) is 8.53. The molecular weight excluding hydrogens is 186 g/mol. The van der Waals surface area contributed by atoms with Gasteiger partial charge in [0, 0.05) is 11.6 Å². The van der Waals surface area contributed by atoms with Crippen LogP contribution in [0.25, 0.3) is 10.8 Å². The van der Waals surface area contributed by atoms with Gasteiger partial charge in [-0.2, -0.15) is 0 Å². The molecule has 0 heterocycles. The molecule has 0 saturated carbocycles. The van der Waals surface area contributed by atoms with Crippen LogP contribution in [-0.2, 0) is 0 Å². The van der Waals surface area contributed by atoms with E-state index in [0.717, 1.165) is 10.8 Å². The number of hydrogen-bond donors (Lipinski definition) is 1. The Morgan fingerprint density at radius 2 is 2.00 bits per heavy atom. The maximum atomic E-state index is 11.6. The second-order valence-corrected chi connectivity index (χ2v) is 3.61. The van der Waals surface area contributed by atoms with E-state index in [-0.39, 0.29) is 5.78 Å². The number of fused-ring (bicyclic) bond motifs is 1. The molecule has 2 heteroatoms. The Hall–Kier alpha value is -1.67. The van der Waals surface area contributed by atoms with Gasteiger partial charge >= 0.3 is 0 Å². The molecule has 0 spiro atoms. The van der Waals surface area contributed by atoms with Crippen LogP contribution in [0.4, 0.5) is 0 Å². The number of nitrogens with two attached hydrogens (primary N) is 1. The number of hydrogen-bond acceptors (Lipinski definition) is 2. The number of benzene rings is 2. The van der Waals surface area contributed by atoms with Crippen molar-refractivity contribution >= 4 is 16.6 Å². The minimum absolute atomic E-state index is 0.0687. The van der Waals surface area contributed by atoms with Gasteiger partial charge in [-0.25, -0.2) is 0 Å². The molecule has 2 rings (SSSR count). The molecule has 75 valence electrons. The molecule has 2 aromatic rings. The Morgan fingerprint density at radius 1 is 1.27 bits per heavy atom. The minimum atomic E-state index is -0.470. The van der Waals surface area contributed by atoms with Gasteiger partial charge in [0.25, 0.3) is 0 Å². The third-order valence-electron chi connectivity index (χ3n) is 2.34. The molecule has 2 aromatic carbocycles. The molecule has 0 amide bonds. The molecule has 0 aliphatic rings. The Labute approximate surface area is 88.7 Å². The predicted octanol–water partition coefficient (Wildman–Crippen LogP) is 2.17. The number of Topliss-reactive ketones (excluding diaryl/α,β-unsaturated/α-hetero) is 1. The van der Waals surface area contributed by atoms with Crippen LogP contribution < -0.4 is 5.73 Å². The Bertz CT molecular complexity index is 503. The summed E-state index contributed by atoms with van der Waals surface area (Å²) in [4.78, 5) is 11.6. The number of carbonyl (C=O) groups is 1. The Morgan fingerprint density at radius 3 is 2.73 bits per heavy atom. The van der Waals surface area contributed by atoms with Crippen molar-refractivity contribution in [3.8, 4) is 0 Å². The van der Waals surface area contributed by atoms with Crippen LogP contribution in [0.15, 0.2) is 36.4 Å². The van der Waals surface area contributed by atoms with Crippen LogP contribution in [0.1, 0.15) is 17.3 Å². The molecule has 0 aromatic heterocycles. The summed E-state index contributed by atoms with van der Waals surface area (Å²) in [5, 5.41) is 2.03. The molecule has 1 radical (unpaired) electrons. The number of carbonyl (C=O) groups excluding carboxylic acids is 1. The van der Waals surface area contributed by atoms with E-state index < -0.39 is 6.04 Å². The first-order valence-corrected chi connectivity index (χ1v) is 4.89. The lowest BCUT2D eigenvalue weighted by Gasteiger charge is -2.04. The van der Waals surface area contributed by atoms with E-state index in [1.165, 1.54) is 0 Å². The quantitative estimate of drug-likeness (QED) is 0.751. The molecule has 15 heavy (non-hydrogen) atoms. The molecule has 2 nitrogen and oxygen atoms in total. The highest BCUT2D eigenvalue weighted by Gasteiger charge is 2.10. The first kappa shape index (κ1) is 9.87. The maximum Gasteiger partial charge on any atom is 0.179 e. The lowest BCUT2D eigenvalue weighted by Crippen LogP contribution is -2.26. The molecule has 0 saturated heterocycles. The lowest BCUT2D eigenvalue weighted by atomic mass is 10.0. The molecule has 1 atom stereocenters. The summed E-state index contributed by atoms with van der Waals surface area (Å²) in [6, 6.07) is 14.1. The minimum Gasteiger partial charge on any atom is -0.321 e. The largest absolute Gasteiger partial charge is 0.321 e. The molecule has 0 aliphatic heterocycles. The first-order valence-electron chi connectivity index (χ1n) is 4.89. The smallest absolute Gasteiger partial charge is 0.179 e. The molecular formula is C13H12NO. The van der Waals surface area contributed by atoms with Crippen molar-refractivity contribution in [2.75, 3.05) is 0 Å². The average molecular weight is 198 g/mol. The summed E-state index contributed by atoms with van der Waals surface area (Å²) in [5.74, 6) is -0.0687. The summed E-state index contributed by atoms with van der Waals surface area (Å²) < 4.78 is 0. The van der Waals surface area contributed by atoms with Gasteiger partial charge in [-0.3, -0.25) is 4.79 Å². The van der Waals surface area contributed by atoms with Gasteiger partial charge in [-0.05, 0) is 17.7 Å². The van der Waals surface area contributed by atoms with Crippen LogP contribution in [-0.4, -0.2) is 11.8 Å². The molecule has 2 N–H and O–H groups in total. The Kier molecular flexibility index (Phi) is 2.52. The van der Waals surface area contributed by atoms with Crippen molar-refractivity contribution in [2.24, 2.45) is 5.73 Å². The highest BCUT2D eigenvalue weighted by molar-refractivity contribution is 6.02. The van der Waals surface area contributed by atoms with Gasteiger partial charge in [0.15, 0.2) is 5.78 Å². The van der Waals surface area contributed by atoms with E-state index in [4.69, 9.17) is 5.73 Å². The van der Waals surface area contributed by atoms with Crippen LogP contribution >= 0.6 is 0 Å². The number of rotatable bonds is 2. The number of ketones is 1. The van der Waals surface area contributed by atoms with Gasteiger partial charge in [0.2, 0.25) is 0 Å². The second-order valence-electron chi connectivity index (χ2n) is 3.61. The van der Waals surface area contributed by atoms with E-state index in [2.05, 4.69) is 6.07 Å². The third-order valence-corrected chi connectivity index (χ3v) is 2.34. The molecule has 0 aliphatic carbocycles. The highest BCUT2D eigenvalue weighted by Crippen LogP contribution is 2.15. The SMILES string of the molecule is CC(N)C(=O)c1[c]c2ccccc2cc1. The summed E-state index contributed by atoms with van der Waals surface area (Å²) in [5.41, 5.74) is 6.10. The fourth-order valence-corrected chi connectivity index (χ4v) is 1.51. The summed E-state index contributed by atoms with van der Waals surface area (Å²) in [7, 11) is 0. The normalized spacial score (nSPS) is 12.7. The monoisotopic (exact) mass is 198 g/mol. The fourth-order valence-electron chi connectivity index (χ4n) is 1.51. The molecule has 1 unspecified atom stereocenters. The van der Waals surface area contributed by atoms with E-state index in [1.54, 1.807) is 13.0 Å². The van der Waals surface area contributed by atoms with Gasteiger partial charge in [-0.15, -0.1) is 0 Å². The molecule has 0 fully saturated rings. The third kappa shape index (κ3) is 1.90. The van der Waals surface area contributed by atoms with Gasteiger partial charge in [0.05, 0.1) is 6.04 Å². The highest BCUT2D eigenvalue weighted by atomic mass is 16.1. The standard InChI is InChI=1S/C13H12NO/c1-9(14)13(15)12-7-6-10-4-2-3-5-11(10)8-12/h2-7,9H,14H2,1H3. The zero-order chi connectivity index (χ0) is 10.8. The zero-order valence-corrected chi connectivity index (χ0v) is 8.53. The molecule has 0 bridgehead atoms. The van der Waals surface area contributed by atoms with E-state index in [0.29, 0.717) is 5.56 Å². The van der Waals surface area contributed by atoms with Gasteiger partial charge in [0.1, 0.15) is 0 Å². The van der Waals surface area contributed by atoms with Crippen molar-refractivity contribution in [2.45, 2.75) is 13.0 Å². The predicted molar refractivity (Wildman–Crippen MR) is 60.8 cm³/mol. The van der Waals surface area contributed by atoms with Crippen LogP contribution in [0.2, 0.25) is 0 Å². The van der Waals surface area contributed by atoms with Crippen molar-refractivity contribution in [1.29, 1.82) is 0 Å². The summed E-state index contributed by atoms with van der Waals surface area (Å²) in [6.45, 7) is 1.69. The van der Waals surface area contributed by atoms with Gasteiger partial charge < -0.3 is 5.73 Å². The van der Waals surface area contributed by atoms with Gasteiger partial charge in [-0.1, -0.05) is 36.4 Å². The van der Waals surface area contributed by atoms with Crippen molar-refractivity contribution in [3.05, 3.63) is 48.0 Å². The Balaban J connectivity index is 2.52. The van der Waals surface area contributed by atoms with E-state index in [1.807, 2.05) is 30.3 Å². The van der Waals surface area contributed by atoms with E-state index in [9.17, 15) is 4.79 Å². The summed E-state index contributed by atoms with van der Waals surface area (Å²) in [6.07, 6.45) is 0. The van der Waals surface area contributed by atoms with Crippen LogP contribution in [0, 0.1) is 6.07 Å². The van der Waals surface area contributed by atoms with Crippen molar-refractivity contribution < 1.29 is 4.79 Å². The van der Waals surface area contributed by atoms with Crippen molar-refractivity contribution in [1.82, 2.24) is 0 Å². The average Bonchev–Trinajstić information content (AvgIpc) is 2.27. The second kappa shape index (κ2) is 3.83. The van der Waals surface area contributed by atoms with Crippen molar-refractivity contribution in [3.63, 3.8) is 0 Å². The van der Waals surface area contributed by atoms with Crippen LogP contribution in [0.5, 0.6) is 0 Å². The fraction of sp³-hybridized carbons (Fsp3) is 0.154. The van der Waals surface area contributed by atoms with E-state index >= 15 is 0 Å². The summed E-state index contributed by atoms with van der Waals surface area (Å²) >= 11 is 0. The maximum absolute atomic E-state index is 11.6. The van der Waals surface area contributed by atoms with Crippen LogP contribution in [0.3, 0.4) is 0 Å². The topological polar surface area (TPSA) is 43.1 Å². The lowest BCUT2D eigenvalue weighted by molar-refractivity contribution is 0.0968.